The second-order valence-electron chi connectivity index (χ2n) is 5.90. The van der Waals surface area contributed by atoms with Crippen LogP contribution in [0.1, 0.15) is 6.92 Å². The van der Waals surface area contributed by atoms with Gasteiger partial charge in [0.15, 0.2) is 17.4 Å². The Morgan fingerprint density at radius 2 is 1.93 bits per heavy atom. The summed E-state index contributed by atoms with van der Waals surface area (Å²) < 4.78 is 34.0. The molecule has 2 aromatic heterocycles. The third kappa shape index (κ3) is 3.98. The molecule has 0 aliphatic carbocycles. The van der Waals surface area contributed by atoms with Crippen molar-refractivity contribution in [3.8, 4) is 11.5 Å². The molecular formula is C20H15F2N3OS2. The van der Waals surface area contributed by atoms with Crippen molar-refractivity contribution in [2.75, 3.05) is 10.8 Å². The van der Waals surface area contributed by atoms with Gasteiger partial charge < -0.3 is 9.64 Å². The van der Waals surface area contributed by atoms with E-state index < -0.39 is 17.4 Å². The van der Waals surface area contributed by atoms with Gasteiger partial charge in [0.1, 0.15) is 16.6 Å². The lowest BCUT2D eigenvalue weighted by atomic mass is 10.3. The zero-order chi connectivity index (χ0) is 19.5. The van der Waals surface area contributed by atoms with Crippen LogP contribution in [0.3, 0.4) is 0 Å². The van der Waals surface area contributed by atoms with Crippen molar-refractivity contribution in [1.82, 2.24) is 9.97 Å². The molecule has 0 radical (unpaired) electrons. The first-order valence-corrected chi connectivity index (χ1v) is 10.2. The zero-order valence-corrected chi connectivity index (χ0v) is 16.4. The summed E-state index contributed by atoms with van der Waals surface area (Å²) in [5, 5.41) is 2.76. The summed E-state index contributed by atoms with van der Waals surface area (Å²) in [6.45, 7) is 1.98. The molecule has 0 saturated carbocycles. The molecule has 28 heavy (non-hydrogen) atoms. The maximum Gasteiger partial charge on any atom is 0.198 e. The van der Waals surface area contributed by atoms with Gasteiger partial charge in [0.25, 0.3) is 0 Å². The lowest BCUT2D eigenvalue weighted by Gasteiger charge is -2.20. The smallest absolute Gasteiger partial charge is 0.198 e. The first-order valence-electron chi connectivity index (χ1n) is 8.38. The second kappa shape index (κ2) is 8.20. The molecule has 3 heterocycles. The van der Waals surface area contributed by atoms with Crippen molar-refractivity contribution in [3.05, 3.63) is 77.6 Å². The van der Waals surface area contributed by atoms with Crippen LogP contribution < -0.4 is 9.64 Å². The molecular weight excluding hydrogens is 400 g/mol. The van der Waals surface area contributed by atoms with Crippen LogP contribution in [0.5, 0.6) is 11.5 Å². The Morgan fingerprint density at radius 1 is 1.11 bits per heavy atom. The Labute approximate surface area is 169 Å². The molecule has 0 amide bonds. The molecule has 142 valence electrons. The molecule has 0 bridgehead atoms. The molecule has 1 aliphatic heterocycles. The number of ether oxygens (including phenoxy) is 1. The number of pyridine rings is 2. The number of aromatic nitrogens is 2. The van der Waals surface area contributed by atoms with E-state index in [2.05, 4.69) is 9.97 Å². The summed E-state index contributed by atoms with van der Waals surface area (Å²) in [4.78, 5) is 11.4. The minimum atomic E-state index is -0.764. The van der Waals surface area contributed by atoms with Gasteiger partial charge in [-0.3, -0.25) is 0 Å². The fraction of sp³-hybridized carbons (Fsp3) is 0.100. The predicted molar refractivity (Wildman–Crippen MR) is 108 cm³/mol. The number of hydrogen-bond acceptors (Lipinski definition) is 6. The van der Waals surface area contributed by atoms with Crippen LogP contribution in [0, 0.1) is 11.6 Å². The summed E-state index contributed by atoms with van der Waals surface area (Å²) >= 11 is 2.97. The zero-order valence-electron chi connectivity index (χ0n) is 14.8. The molecule has 8 heteroatoms. The highest BCUT2D eigenvalue weighted by Gasteiger charge is 2.20. The molecule has 0 atom stereocenters. The van der Waals surface area contributed by atoms with Gasteiger partial charge in [0.05, 0.1) is 10.8 Å². The van der Waals surface area contributed by atoms with Gasteiger partial charge in [-0.2, -0.15) is 0 Å². The molecule has 0 saturated heterocycles. The molecule has 3 aromatic rings. The SMILES string of the molecule is CC1=CSCN1c1cc(Oc2c(F)cccc2F)c(Sc2ccccn2)cn1. The van der Waals surface area contributed by atoms with Gasteiger partial charge in [0, 0.05) is 24.2 Å². The van der Waals surface area contributed by atoms with Gasteiger partial charge in [0.2, 0.25) is 0 Å². The lowest BCUT2D eigenvalue weighted by Crippen LogP contribution is -2.17. The fourth-order valence-electron chi connectivity index (χ4n) is 2.57. The van der Waals surface area contributed by atoms with E-state index in [-0.39, 0.29) is 0 Å². The third-order valence-electron chi connectivity index (χ3n) is 3.96. The standard InChI is InChI=1S/C20H15F2N3OS2/c1-13-11-27-12-25(13)18-9-16(26-20-14(21)5-4-6-15(20)22)17(10-24-18)28-19-7-2-3-8-23-19/h2-11H,12H2,1H3. The summed E-state index contributed by atoms with van der Waals surface area (Å²) in [6.07, 6.45) is 3.32. The maximum absolute atomic E-state index is 14.1. The van der Waals surface area contributed by atoms with Gasteiger partial charge in [-0.25, -0.2) is 18.7 Å². The van der Waals surface area contributed by atoms with Gasteiger partial charge in [-0.15, -0.1) is 11.8 Å². The van der Waals surface area contributed by atoms with E-state index in [1.165, 1.54) is 17.8 Å². The minimum Gasteiger partial charge on any atom is -0.450 e. The quantitative estimate of drug-likeness (QED) is 0.504. The number of benzene rings is 1. The molecule has 4 rings (SSSR count). The lowest BCUT2D eigenvalue weighted by molar-refractivity contribution is 0.400. The molecule has 4 nitrogen and oxygen atoms in total. The van der Waals surface area contributed by atoms with Gasteiger partial charge >= 0.3 is 0 Å². The number of allylic oxidation sites excluding steroid dienone is 1. The molecule has 0 N–H and O–H groups in total. The molecule has 0 unspecified atom stereocenters. The van der Waals surface area contributed by atoms with Crippen LogP contribution in [0.15, 0.2) is 75.9 Å². The van der Waals surface area contributed by atoms with Gasteiger partial charge in [-0.1, -0.05) is 23.9 Å². The monoisotopic (exact) mass is 415 g/mol. The summed E-state index contributed by atoms with van der Waals surface area (Å²) in [5.74, 6) is -0.283. The van der Waals surface area contributed by atoms with E-state index in [0.29, 0.717) is 16.5 Å². The van der Waals surface area contributed by atoms with Crippen molar-refractivity contribution < 1.29 is 13.5 Å². The summed E-state index contributed by atoms with van der Waals surface area (Å²) in [7, 11) is 0. The minimum absolute atomic E-state index is 0.314. The number of rotatable bonds is 5. The van der Waals surface area contributed by atoms with E-state index in [4.69, 9.17) is 4.74 Å². The fourth-order valence-corrected chi connectivity index (χ4v) is 4.29. The molecule has 0 spiro atoms. The summed E-state index contributed by atoms with van der Waals surface area (Å²) in [5.41, 5.74) is 1.05. The van der Waals surface area contributed by atoms with E-state index in [9.17, 15) is 8.78 Å². The average molecular weight is 415 g/mol. The normalized spacial score (nSPS) is 13.5. The maximum atomic E-state index is 14.1. The van der Waals surface area contributed by atoms with Crippen molar-refractivity contribution in [2.24, 2.45) is 0 Å². The predicted octanol–water partition coefficient (Wildman–Crippen LogP) is 6.07. The molecule has 0 fully saturated rings. The Balaban J connectivity index is 1.74. The number of hydrogen-bond donors (Lipinski definition) is 0. The molecule has 1 aromatic carbocycles. The largest absolute Gasteiger partial charge is 0.450 e. The van der Waals surface area contributed by atoms with E-state index >= 15 is 0 Å². The molecule has 1 aliphatic rings. The van der Waals surface area contributed by atoms with Crippen molar-refractivity contribution in [1.29, 1.82) is 0 Å². The van der Waals surface area contributed by atoms with Crippen molar-refractivity contribution >= 4 is 29.3 Å². The van der Waals surface area contributed by atoms with E-state index in [1.807, 2.05) is 35.4 Å². The number of para-hydroxylation sites is 1. The van der Waals surface area contributed by atoms with E-state index in [0.717, 1.165) is 28.7 Å². The first kappa shape index (κ1) is 18.8. The highest BCUT2D eigenvalue weighted by Crippen LogP contribution is 2.40. The Kier molecular flexibility index (Phi) is 5.50. The highest BCUT2D eigenvalue weighted by molar-refractivity contribution is 8.02. The van der Waals surface area contributed by atoms with Gasteiger partial charge in [-0.05, 0) is 36.6 Å². The summed E-state index contributed by atoms with van der Waals surface area (Å²) in [6, 6.07) is 10.8. The van der Waals surface area contributed by atoms with Crippen LogP contribution in [0.4, 0.5) is 14.6 Å². The topological polar surface area (TPSA) is 38.2 Å². The second-order valence-corrected chi connectivity index (χ2v) is 7.78. The number of halogens is 2. The third-order valence-corrected chi connectivity index (χ3v) is 5.85. The van der Waals surface area contributed by atoms with Crippen LogP contribution in [-0.2, 0) is 0 Å². The van der Waals surface area contributed by atoms with Crippen LogP contribution in [0.2, 0.25) is 0 Å². The van der Waals surface area contributed by atoms with E-state index in [1.54, 1.807) is 30.2 Å². The Hall–Kier alpha value is -2.58. The Morgan fingerprint density at radius 3 is 2.61 bits per heavy atom. The first-order chi connectivity index (χ1) is 13.6. The average Bonchev–Trinajstić information content (AvgIpc) is 3.13. The number of thioether (sulfide) groups is 1. The van der Waals surface area contributed by atoms with Crippen molar-refractivity contribution in [3.63, 3.8) is 0 Å². The Bertz CT molecular complexity index is 1010. The number of nitrogens with zero attached hydrogens (tertiary/aromatic N) is 3. The van der Waals surface area contributed by atoms with Crippen LogP contribution >= 0.6 is 23.5 Å². The van der Waals surface area contributed by atoms with Crippen molar-refractivity contribution in [2.45, 2.75) is 16.8 Å². The highest BCUT2D eigenvalue weighted by atomic mass is 32.2. The van der Waals surface area contributed by atoms with Crippen LogP contribution in [0.25, 0.3) is 0 Å². The number of anilines is 1. The van der Waals surface area contributed by atoms with Crippen LogP contribution in [-0.4, -0.2) is 15.8 Å².